The molecule has 0 aliphatic carbocycles. The summed E-state index contributed by atoms with van der Waals surface area (Å²) in [6.45, 7) is 16.4. The molecule has 1 aromatic heterocycles. The molecule has 0 spiro atoms. The molecule has 3 heterocycles. The number of aromatic hydroxyl groups is 1. The van der Waals surface area contributed by atoms with Gasteiger partial charge in [0.2, 0.25) is 0 Å². The lowest BCUT2D eigenvalue weighted by Gasteiger charge is -2.32. The molecule has 0 atom stereocenters. The molecule has 2 aliphatic rings. The van der Waals surface area contributed by atoms with Crippen LogP contribution in [0.3, 0.4) is 0 Å². The van der Waals surface area contributed by atoms with Gasteiger partial charge in [-0.1, -0.05) is 84.0 Å². The van der Waals surface area contributed by atoms with E-state index in [4.69, 9.17) is 4.98 Å². The lowest BCUT2D eigenvalue weighted by Crippen LogP contribution is -2.36. The maximum Gasteiger partial charge on any atom is 0.306 e. The average molecular weight is 710 g/mol. The third-order valence-electron chi connectivity index (χ3n) is 10.9. The lowest BCUT2D eigenvalue weighted by molar-refractivity contribution is -0.142. The molecule has 2 fully saturated rings. The minimum atomic E-state index is -0.696. The van der Waals surface area contributed by atoms with Crippen molar-refractivity contribution in [1.82, 2.24) is 9.55 Å². The van der Waals surface area contributed by atoms with Crippen molar-refractivity contribution >= 4 is 17.3 Å². The summed E-state index contributed by atoms with van der Waals surface area (Å²) in [5, 5.41) is 21.2. The standard InChI is InChI=1S/C46H53N4O3/c1-45(2,3)38-29-34(30-39(42(38)51)46(4,5)6)43-47-40(31-15-19-35(20-16-31)48-25-11-8-12-26-48)41(50(43)37-13-9-7-10-14-37)32-17-21-36(22-18-32)49-27-23-33(24-28-49)44(52)53/h7-10,13-22,29-30,33,51H,11-12,23-28H2,1-6H3,(H,52,53). The van der Waals surface area contributed by atoms with Crippen LogP contribution in [0.25, 0.3) is 39.6 Å². The van der Waals surface area contributed by atoms with Crippen molar-refractivity contribution in [3.8, 4) is 45.3 Å². The zero-order valence-corrected chi connectivity index (χ0v) is 32.1. The molecule has 0 unspecified atom stereocenters. The number of aliphatic carboxylic acids is 1. The Balaban J connectivity index is 1.43. The van der Waals surface area contributed by atoms with E-state index < -0.39 is 5.97 Å². The van der Waals surface area contributed by atoms with Crippen LogP contribution in [0.1, 0.15) is 78.4 Å². The minimum Gasteiger partial charge on any atom is -0.507 e. The summed E-state index contributed by atoms with van der Waals surface area (Å²) in [5.41, 5.74) is 9.41. The zero-order valence-electron chi connectivity index (χ0n) is 32.1. The maximum absolute atomic E-state index is 11.7. The molecule has 2 saturated heterocycles. The van der Waals surface area contributed by atoms with Crippen LogP contribution in [-0.2, 0) is 15.6 Å². The number of carboxylic acids is 1. The number of carbonyl (C=O) groups is 1. The summed E-state index contributed by atoms with van der Waals surface area (Å²) < 4.78 is 2.28. The number of hydrogen-bond donors (Lipinski definition) is 2. The first-order valence-electron chi connectivity index (χ1n) is 19.1. The number of anilines is 2. The second-order valence-electron chi connectivity index (χ2n) is 16.8. The molecule has 0 saturated carbocycles. The summed E-state index contributed by atoms with van der Waals surface area (Å²) in [5.74, 6) is 0.190. The molecule has 5 aromatic rings. The first kappa shape index (κ1) is 36.3. The molecular weight excluding hydrogens is 657 g/mol. The number of phenols is 1. The van der Waals surface area contributed by atoms with E-state index >= 15 is 0 Å². The number of benzene rings is 4. The highest BCUT2D eigenvalue weighted by Crippen LogP contribution is 2.45. The van der Waals surface area contributed by atoms with Crippen LogP contribution in [0.4, 0.5) is 11.4 Å². The molecule has 7 rings (SSSR count). The fourth-order valence-electron chi connectivity index (χ4n) is 7.87. The molecular formula is C46H53N4O3. The summed E-state index contributed by atoms with van der Waals surface area (Å²) in [6.07, 6.45) is 5.87. The summed E-state index contributed by atoms with van der Waals surface area (Å²) >= 11 is 0. The first-order chi connectivity index (χ1) is 25.3. The number of carboxylic acid groups (broad SMARTS) is 1. The highest BCUT2D eigenvalue weighted by molar-refractivity contribution is 5.85. The third-order valence-corrected chi connectivity index (χ3v) is 10.9. The van der Waals surface area contributed by atoms with Gasteiger partial charge in [0.25, 0.3) is 0 Å². The van der Waals surface area contributed by atoms with Crippen LogP contribution in [0.2, 0.25) is 0 Å². The molecule has 53 heavy (non-hydrogen) atoms. The fourth-order valence-corrected chi connectivity index (χ4v) is 7.87. The average Bonchev–Trinajstić information content (AvgIpc) is 3.55. The number of hydrogen-bond acceptors (Lipinski definition) is 5. The second-order valence-corrected chi connectivity index (χ2v) is 16.8. The van der Waals surface area contributed by atoms with Gasteiger partial charge in [0, 0.05) is 71.1 Å². The predicted octanol–water partition coefficient (Wildman–Crippen LogP) is 10.3. The van der Waals surface area contributed by atoms with Gasteiger partial charge in [-0.05, 0) is 91.5 Å². The Hall–Kier alpha value is -5.04. The third kappa shape index (κ3) is 7.44. The number of para-hydroxylation sites is 1. The quantitative estimate of drug-likeness (QED) is 0.175. The van der Waals surface area contributed by atoms with Gasteiger partial charge in [-0.25, -0.2) is 4.98 Å². The van der Waals surface area contributed by atoms with Crippen LogP contribution in [0.15, 0.2) is 91.0 Å². The summed E-state index contributed by atoms with van der Waals surface area (Å²) in [7, 11) is 0. The molecule has 2 aliphatic heterocycles. The molecule has 275 valence electrons. The molecule has 7 nitrogen and oxygen atoms in total. The number of aromatic nitrogens is 2. The number of rotatable bonds is 7. The van der Waals surface area contributed by atoms with Crippen LogP contribution in [-0.4, -0.2) is 51.9 Å². The van der Waals surface area contributed by atoms with Crippen molar-refractivity contribution in [3.63, 3.8) is 0 Å². The summed E-state index contributed by atoms with van der Waals surface area (Å²) in [4.78, 5) is 21.9. The van der Waals surface area contributed by atoms with E-state index in [0.29, 0.717) is 18.6 Å². The monoisotopic (exact) mass is 709 g/mol. The van der Waals surface area contributed by atoms with E-state index in [1.807, 2.05) is 6.07 Å². The Kier molecular flexibility index (Phi) is 9.88. The van der Waals surface area contributed by atoms with E-state index in [0.717, 1.165) is 95.4 Å². The second kappa shape index (κ2) is 14.4. The van der Waals surface area contributed by atoms with Crippen molar-refractivity contribution < 1.29 is 15.0 Å². The number of nitrogens with zero attached hydrogens (tertiary/aromatic N) is 4. The van der Waals surface area contributed by atoms with E-state index in [1.165, 1.54) is 5.69 Å². The van der Waals surface area contributed by atoms with Crippen LogP contribution in [0.5, 0.6) is 5.75 Å². The normalized spacial score (nSPS) is 15.9. The van der Waals surface area contributed by atoms with E-state index in [9.17, 15) is 15.0 Å². The molecule has 0 amide bonds. The largest absolute Gasteiger partial charge is 0.507 e. The van der Waals surface area contributed by atoms with Gasteiger partial charge in [0.1, 0.15) is 11.6 Å². The Morgan fingerprint density at radius 2 is 1.17 bits per heavy atom. The first-order valence-corrected chi connectivity index (χ1v) is 19.1. The Morgan fingerprint density at radius 3 is 1.68 bits per heavy atom. The fraction of sp³-hybridized carbons (Fsp3) is 0.370. The van der Waals surface area contributed by atoms with Crippen molar-refractivity contribution in [3.05, 3.63) is 109 Å². The van der Waals surface area contributed by atoms with Crippen LogP contribution >= 0.6 is 0 Å². The van der Waals surface area contributed by atoms with E-state index in [-0.39, 0.29) is 16.7 Å². The minimum absolute atomic E-state index is 0.274. The van der Waals surface area contributed by atoms with Gasteiger partial charge in [0.15, 0.2) is 0 Å². The number of imidazole rings is 1. The highest BCUT2D eigenvalue weighted by Gasteiger charge is 2.30. The Labute approximate surface area is 314 Å². The Bertz CT molecular complexity index is 2020. The van der Waals surface area contributed by atoms with Crippen LogP contribution in [0, 0.1) is 12.3 Å². The molecule has 4 aromatic carbocycles. The van der Waals surface area contributed by atoms with Gasteiger partial charge in [0.05, 0.1) is 17.3 Å². The van der Waals surface area contributed by atoms with E-state index in [1.54, 1.807) is 0 Å². The van der Waals surface area contributed by atoms with Gasteiger partial charge < -0.3 is 20.0 Å². The van der Waals surface area contributed by atoms with Gasteiger partial charge in [-0.3, -0.25) is 9.36 Å². The van der Waals surface area contributed by atoms with Crippen LogP contribution < -0.4 is 9.80 Å². The van der Waals surface area contributed by atoms with E-state index in [2.05, 4.69) is 147 Å². The van der Waals surface area contributed by atoms with Crippen molar-refractivity contribution in [1.29, 1.82) is 0 Å². The molecule has 2 N–H and O–H groups in total. The predicted molar refractivity (Wildman–Crippen MR) is 217 cm³/mol. The zero-order chi connectivity index (χ0) is 37.5. The maximum atomic E-state index is 11.7. The van der Waals surface area contributed by atoms with Gasteiger partial charge >= 0.3 is 5.97 Å². The SMILES string of the molecule is CC(C)(C)c1cc(-c2nc(-c3ccc(N4CC[CH]CC4)cc3)c(-c3ccc(N4CCC(C(=O)O)CC4)cc3)n2-c2ccccc2)cc(C(C)(C)C)c1O. The molecule has 0 bridgehead atoms. The molecule has 7 heteroatoms. The summed E-state index contributed by atoms with van der Waals surface area (Å²) in [6, 6.07) is 32.2. The number of phenolic OH excluding ortho intramolecular Hbond substituents is 1. The van der Waals surface area contributed by atoms with Gasteiger partial charge in [-0.2, -0.15) is 0 Å². The number of piperidine rings is 2. The van der Waals surface area contributed by atoms with Crippen molar-refractivity contribution in [2.24, 2.45) is 5.92 Å². The molecule has 1 radical (unpaired) electrons. The van der Waals surface area contributed by atoms with Crippen molar-refractivity contribution in [2.45, 2.75) is 78.1 Å². The van der Waals surface area contributed by atoms with Gasteiger partial charge in [-0.15, -0.1) is 0 Å². The Morgan fingerprint density at radius 1 is 0.660 bits per heavy atom. The highest BCUT2D eigenvalue weighted by atomic mass is 16.4. The lowest BCUT2D eigenvalue weighted by atomic mass is 9.78. The topological polar surface area (TPSA) is 81.8 Å². The smallest absolute Gasteiger partial charge is 0.306 e. The van der Waals surface area contributed by atoms with Crippen molar-refractivity contribution in [2.75, 3.05) is 36.0 Å².